The van der Waals surface area contributed by atoms with Crippen LogP contribution in [0.15, 0.2) is 18.2 Å². The lowest BCUT2D eigenvalue weighted by Crippen LogP contribution is -1.94. The molecule has 1 aromatic carbocycles. The van der Waals surface area contributed by atoms with Crippen molar-refractivity contribution in [2.24, 2.45) is 0 Å². The van der Waals surface area contributed by atoms with E-state index in [9.17, 15) is 5.11 Å². The molecule has 144 valence electrons. The topological polar surface area (TPSA) is 107 Å². The first-order valence-electron chi connectivity index (χ1n) is 8.95. The average molecular weight is 374 g/mol. The number of epoxide rings is 1. The van der Waals surface area contributed by atoms with Crippen molar-refractivity contribution in [3.05, 3.63) is 29.3 Å². The maximum atomic E-state index is 9.94. The molecule has 7 heteroatoms. The SMILES string of the molecule is CCCCCCCCCCc1cccc(O)c1C1CO1.O=S(=O)(O)O. The first kappa shape index (κ1) is 21.9. The number of benzene rings is 1. The maximum absolute atomic E-state index is 9.94. The fourth-order valence-electron chi connectivity index (χ4n) is 2.85. The number of phenols is 1. The molecule has 1 aliphatic rings. The molecule has 1 saturated heterocycles. The lowest BCUT2D eigenvalue weighted by Gasteiger charge is -2.09. The Hall–Kier alpha value is -1.15. The summed E-state index contributed by atoms with van der Waals surface area (Å²) in [5, 5.41) is 9.94. The number of ether oxygens (including phenoxy) is 1. The number of aromatic hydroxyl groups is 1. The van der Waals surface area contributed by atoms with Crippen LogP contribution < -0.4 is 0 Å². The zero-order chi connectivity index (χ0) is 18.7. The van der Waals surface area contributed by atoms with Crippen LogP contribution in [0.25, 0.3) is 0 Å². The Balaban J connectivity index is 0.000000550. The lowest BCUT2D eigenvalue weighted by atomic mass is 9.98. The summed E-state index contributed by atoms with van der Waals surface area (Å²) in [4.78, 5) is 0. The Morgan fingerprint density at radius 2 is 1.56 bits per heavy atom. The minimum absolute atomic E-state index is 0.153. The van der Waals surface area contributed by atoms with Crippen molar-refractivity contribution in [1.82, 2.24) is 0 Å². The van der Waals surface area contributed by atoms with Gasteiger partial charge in [-0.1, -0.05) is 64.0 Å². The molecule has 0 radical (unpaired) electrons. The number of phenolic OH excluding ortho intramolecular Hbond substituents is 1. The van der Waals surface area contributed by atoms with Gasteiger partial charge in [-0.05, 0) is 24.5 Å². The predicted octanol–water partition coefficient (Wildman–Crippen LogP) is 4.49. The van der Waals surface area contributed by atoms with Gasteiger partial charge >= 0.3 is 10.4 Å². The molecule has 0 saturated carbocycles. The quantitative estimate of drug-likeness (QED) is 0.316. The summed E-state index contributed by atoms with van der Waals surface area (Å²) >= 11 is 0. The first-order chi connectivity index (χ1) is 11.8. The summed E-state index contributed by atoms with van der Waals surface area (Å²) in [6, 6.07) is 5.85. The molecular formula is C18H30O6S. The third-order valence-electron chi connectivity index (χ3n) is 4.13. The van der Waals surface area contributed by atoms with Gasteiger partial charge in [-0.15, -0.1) is 0 Å². The Labute approximate surface area is 150 Å². The highest BCUT2D eigenvalue weighted by atomic mass is 32.3. The smallest absolute Gasteiger partial charge is 0.394 e. The Bertz CT molecular complexity index is 588. The van der Waals surface area contributed by atoms with Gasteiger partial charge in [0.15, 0.2) is 0 Å². The van der Waals surface area contributed by atoms with Gasteiger partial charge < -0.3 is 9.84 Å². The van der Waals surface area contributed by atoms with E-state index in [1.54, 1.807) is 6.07 Å². The molecule has 0 amide bonds. The summed E-state index contributed by atoms with van der Waals surface area (Å²) in [5.74, 6) is 0.407. The van der Waals surface area contributed by atoms with E-state index < -0.39 is 10.4 Å². The number of hydrogen-bond donors (Lipinski definition) is 3. The van der Waals surface area contributed by atoms with E-state index in [1.807, 2.05) is 6.07 Å². The highest BCUT2D eigenvalue weighted by molar-refractivity contribution is 7.79. The fraction of sp³-hybridized carbons (Fsp3) is 0.667. The zero-order valence-corrected chi connectivity index (χ0v) is 15.7. The summed E-state index contributed by atoms with van der Waals surface area (Å²) in [6.45, 7) is 3.03. The van der Waals surface area contributed by atoms with Gasteiger partial charge in [-0.3, -0.25) is 9.11 Å². The molecule has 2 rings (SSSR count). The van der Waals surface area contributed by atoms with Gasteiger partial charge in [0, 0.05) is 5.56 Å². The first-order valence-corrected chi connectivity index (χ1v) is 10.3. The summed E-state index contributed by atoms with van der Waals surface area (Å²) < 4.78 is 36.9. The largest absolute Gasteiger partial charge is 0.508 e. The average Bonchev–Trinajstić information content (AvgIpc) is 3.33. The predicted molar refractivity (Wildman–Crippen MR) is 97.3 cm³/mol. The molecule has 0 spiro atoms. The van der Waals surface area contributed by atoms with Crippen molar-refractivity contribution >= 4 is 10.4 Å². The number of aryl methyl sites for hydroxylation is 1. The normalized spacial score (nSPS) is 16.2. The van der Waals surface area contributed by atoms with Crippen LogP contribution in [0.1, 0.15) is 75.5 Å². The van der Waals surface area contributed by atoms with Crippen molar-refractivity contribution in [3.63, 3.8) is 0 Å². The van der Waals surface area contributed by atoms with Crippen molar-refractivity contribution in [1.29, 1.82) is 0 Å². The number of hydrogen-bond acceptors (Lipinski definition) is 4. The van der Waals surface area contributed by atoms with Gasteiger partial charge in [-0.25, -0.2) is 0 Å². The van der Waals surface area contributed by atoms with Crippen molar-refractivity contribution in [2.45, 2.75) is 70.8 Å². The highest BCUT2D eigenvalue weighted by Gasteiger charge is 2.29. The van der Waals surface area contributed by atoms with E-state index in [4.69, 9.17) is 22.3 Å². The van der Waals surface area contributed by atoms with E-state index in [1.165, 1.54) is 56.9 Å². The molecular weight excluding hydrogens is 344 g/mol. The number of rotatable bonds is 10. The molecule has 1 aliphatic heterocycles. The minimum atomic E-state index is -4.67. The van der Waals surface area contributed by atoms with E-state index in [-0.39, 0.29) is 6.10 Å². The van der Waals surface area contributed by atoms with Gasteiger partial charge in [0.05, 0.1) is 6.61 Å². The van der Waals surface area contributed by atoms with Crippen molar-refractivity contribution in [2.75, 3.05) is 6.61 Å². The van der Waals surface area contributed by atoms with Crippen LogP contribution in [-0.2, 0) is 21.6 Å². The van der Waals surface area contributed by atoms with E-state index in [2.05, 4.69) is 13.0 Å². The van der Waals surface area contributed by atoms with Crippen LogP contribution in [0.3, 0.4) is 0 Å². The summed E-state index contributed by atoms with van der Waals surface area (Å²) in [7, 11) is -4.67. The second kappa shape index (κ2) is 11.5. The van der Waals surface area contributed by atoms with Crippen molar-refractivity contribution < 1.29 is 27.4 Å². The summed E-state index contributed by atoms with van der Waals surface area (Å²) in [6.07, 6.45) is 11.9. The molecule has 6 nitrogen and oxygen atoms in total. The third kappa shape index (κ3) is 11.1. The number of unbranched alkanes of at least 4 members (excludes halogenated alkanes) is 7. The molecule has 0 aromatic heterocycles. The molecule has 1 aromatic rings. The Kier molecular flexibility index (Phi) is 10.0. The van der Waals surface area contributed by atoms with Crippen LogP contribution in [0.4, 0.5) is 0 Å². The molecule has 0 aliphatic carbocycles. The molecule has 0 bridgehead atoms. The monoisotopic (exact) mass is 374 g/mol. The standard InChI is InChI=1S/C18H28O2.H2O4S/c1-2-3-4-5-6-7-8-9-11-15-12-10-13-16(19)18(15)17-14-20-17;1-5(2,3)4/h10,12-13,17,19H,2-9,11,14H2,1H3;(H2,1,2,3,4). The van der Waals surface area contributed by atoms with Crippen LogP contribution in [0, 0.1) is 0 Å². The van der Waals surface area contributed by atoms with Crippen LogP contribution >= 0.6 is 0 Å². The van der Waals surface area contributed by atoms with Crippen molar-refractivity contribution in [3.8, 4) is 5.75 Å². The van der Waals surface area contributed by atoms with E-state index in [0.29, 0.717) is 5.75 Å². The summed E-state index contributed by atoms with van der Waals surface area (Å²) in [5.41, 5.74) is 2.31. The fourth-order valence-corrected chi connectivity index (χ4v) is 2.85. The molecule has 1 heterocycles. The molecule has 3 N–H and O–H groups in total. The second-order valence-electron chi connectivity index (χ2n) is 6.34. The van der Waals surface area contributed by atoms with Gasteiger partial charge in [0.25, 0.3) is 0 Å². The zero-order valence-electron chi connectivity index (χ0n) is 14.9. The molecule has 1 unspecified atom stereocenters. The van der Waals surface area contributed by atoms with E-state index >= 15 is 0 Å². The molecule has 1 fully saturated rings. The molecule has 1 atom stereocenters. The van der Waals surface area contributed by atoms with Crippen LogP contribution in [0.2, 0.25) is 0 Å². The van der Waals surface area contributed by atoms with Gasteiger partial charge in [-0.2, -0.15) is 8.42 Å². The Morgan fingerprint density at radius 3 is 2.08 bits per heavy atom. The van der Waals surface area contributed by atoms with E-state index in [0.717, 1.165) is 18.6 Å². The lowest BCUT2D eigenvalue weighted by molar-refractivity contribution is 0.381. The third-order valence-corrected chi connectivity index (χ3v) is 4.13. The minimum Gasteiger partial charge on any atom is -0.508 e. The van der Waals surface area contributed by atoms with Gasteiger partial charge in [0.1, 0.15) is 11.9 Å². The highest BCUT2D eigenvalue weighted by Crippen LogP contribution is 2.38. The van der Waals surface area contributed by atoms with Crippen LogP contribution in [0.5, 0.6) is 5.75 Å². The maximum Gasteiger partial charge on any atom is 0.394 e. The Morgan fingerprint density at radius 1 is 1.04 bits per heavy atom. The van der Waals surface area contributed by atoms with Crippen LogP contribution in [-0.4, -0.2) is 29.2 Å². The molecule has 25 heavy (non-hydrogen) atoms. The second-order valence-corrected chi connectivity index (χ2v) is 7.24. The van der Waals surface area contributed by atoms with Gasteiger partial charge in [0.2, 0.25) is 0 Å².